The van der Waals surface area contributed by atoms with Crippen LogP contribution in [0.15, 0.2) is 0 Å². The van der Waals surface area contributed by atoms with E-state index >= 15 is 0 Å². The highest BCUT2D eigenvalue weighted by Gasteiger charge is 2.18. The van der Waals surface area contributed by atoms with Crippen LogP contribution in [0.3, 0.4) is 0 Å². The zero-order valence-corrected chi connectivity index (χ0v) is 10.7. The predicted octanol–water partition coefficient (Wildman–Crippen LogP) is 1.27. The molecule has 4 heteroatoms. The van der Waals surface area contributed by atoms with Gasteiger partial charge in [0.25, 0.3) is 0 Å². The van der Waals surface area contributed by atoms with Gasteiger partial charge in [0, 0.05) is 25.0 Å². The SMILES string of the molecule is CC1CN(C)CCCN1CCOCCCl. The van der Waals surface area contributed by atoms with E-state index in [1.165, 1.54) is 19.5 Å². The van der Waals surface area contributed by atoms with Gasteiger partial charge in [-0.3, -0.25) is 4.90 Å². The molecular weight excluding hydrogens is 212 g/mol. The van der Waals surface area contributed by atoms with E-state index in [0.717, 1.165) is 19.7 Å². The number of nitrogens with zero attached hydrogens (tertiary/aromatic N) is 2. The second-order valence-electron chi connectivity index (χ2n) is 4.30. The Balaban J connectivity index is 2.20. The molecule has 1 atom stereocenters. The monoisotopic (exact) mass is 234 g/mol. The molecule has 0 spiro atoms. The molecule has 1 fully saturated rings. The normalized spacial score (nSPS) is 25.4. The fourth-order valence-electron chi connectivity index (χ4n) is 2.09. The van der Waals surface area contributed by atoms with Crippen LogP contribution >= 0.6 is 11.6 Å². The van der Waals surface area contributed by atoms with Crippen molar-refractivity contribution < 1.29 is 4.74 Å². The van der Waals surface area contributed by atoms with Crippen molar-refractivity contribution in [2.75, 3.05) is 52.3 Å². The molecule has 15 heavy (non-hydrogen) atoms. The molecule has 0 aromatic carbocycles. The van der Waals surface area contributed by atoms with Crippen LogP contribution < -0.4 is 0 Å². The number of likely N-dealkylation sites (N-methyl/N-ethyl adjacent to an activating group) is 1. The third-order valence-corrected chi connectivity index (χ3v) is 3.08. The van der Waals surface area contributed by atoms with E-state index in [2.05, 4.69) is 23.8 Å². The molecule has 1 heterocycles. The highest BCUT2D eigenvalue weighted by Crippen LogP contribution is 2.07. The lowest BCUT2D eigenvalue weighted by molar-refractivity contribution is 0.0992. The first-order valence-corrected chi connectivity index (χ1v) is 6.34. The van der Waals surface area contributed by atoms with Gasteiger partial charge in [0.2, 0.25) is 0 Å². The summed E-state index contributed by atoms with van der Waals surface area (Å²) in [5.41, 5.74) is 0. The molecule has 0 aliphatic carbocycles. The molecule has 1 rings (SSSR count). The van der Waals surface area contributed by atoms with Crippen LogP contribution in [0.1, 0.15) is 13.3 Å². The standard InChI is InChI=1S/C11H23ClN2O/c1-11-10-13(2)5-3-6-14(11)7-9-15-8-4-12/h11H,3-10H2,1-2H3. The van der Waals surface area contributed by atoms with Gasteiger partial charge in [0.1, 0.15) is 0 Å². The number of halogens is 1. The Hall–Kier alpha value is 0.170. The maximum Gasteiger partial charge on any atom is 0.0602 e. The molecule has 0 bridgehead atoms. The summed E-state index contributed by atoms with van der Waals surface area (Å²) in [5.74, 6) is 0.596. The summed E-state index contributed by atoms with van der Waals surface area (Å²) in [6.07, 6.45) is 1.26. The minimum absolute atomic E-state index is 0.596. The molecule has 1 aliphatic rings. The minimum Gasteiger partial charge on any atom is -0.379 e. The van der Waals surface area contributed by atoms with Gasteiger partial charge in [0.05, 0.1) is 13.2 Å². The highest BCUT2D eigenvalue weighted by atomic mass is 35.5. The molecule has 0 amide bonds. The maximum atomic E-state index is 5.55. The molecule has 0 aromatic heterocycles. The molecule has 0 radical (unpaired) electrons. The van der Waals surface area contributed by atoms with E-state index in [0.29, 0.717) is 18.5 Å². The van der Waals surface area contributed by atoms with E-state index in [1.807, 2.05) is 0 Å². The number of hydrogen-bond acceptors (Lipinski definition) is 3. The molecule has 3 nitrogen and oxygen atoms in total. The molecule has 1 unspecified atom stereocenters. The molecule has 1 saturated heterocycles. The first kappa shape index (κ1) is 13.2. The fourth-order valence-corrected chi connectivity index (χ4v) is 2.20. The van der Waals surface area contributed by atoms with Gasteiger partial charge in [-0.25, -0.2) is 0 Å². The first-order chi connectivity index (χ1) is 7.24. The third-order valence-electron chi connectivity index (χ3n) is 2.93. The van der Waals surface area contributed by atoms with Crippen LogP contribution in [0.5, 0.6) is 0 Å². The second kappa shape index (κ2) is 7.44. The Morgan fingerprint density at radius 3 is 2.87 bits per heavy atom. The van der Waals surface area contributed by atoms with E-state index < -0.39 is 0 Å². The third kappa shape index (κ3) is 5.16. The van der Waals surface area contributed by atoms with Crippen molar-refractivity contribution in [3.63, 3.8) is 0 Å². The first-order valence-electron chi connectivity index (χ1n) is 5.80. The average molecular weight is 235 g/mol. The van der Waals surface area contributed by atoms with Gasteiger partial charge >= 0.3 is 0 Å². The number of alkyl halides is 1. The minimum atomic E-state index is 0.596. The van der Waals surface area contributed by atoms with Crippen molar-refractivity contribution in [3.8, 4) is 0 Å². The summed E-state index contributed by atoms with van der Waals surface area (Å²) in [7, 11) is 2.20. The van der Waals surface area contributed by atoms with Gasteiger partial charge in [0.15, 0.2) is 0 Å². The summed E-state index contributed by atoms with van der Waals surface area (Å²) in [4.78, 5) is 4.92. The van der Waals surface area contributed by atoms with Crippen molar-refractivity contribution in [2.45, 2.75) is 19.4 Å². The summed E-state index contributed by atoms with van der Waals surface area (Å²) in [6, 6.07) is 0.636. The van der Waals surface area contributed by atoms with E-state index in [4.69, 9.17) is 16.3 Å². The molecule has 1 aliphatic heterocycles. The quantitative estimate of drug-likeness (QED) is 0.527. The maximum absolute atomic E-state index is 5.55. The lowest BCUT2D eigenvalue weighted by Gasteiger charge is -2.27. The molecule has 0 saturated carbocycles. The summed E-state index contributed by atoms with van der Waals surface area (Å²) >= 11 is 5.55. The Morgan fingerprint density at radius 2 is 2.13 bits per heavy atom. The van der Waals surface area contributed by atoms with Crippen molar-refractivity contribution in [1.29, 1.82) is 0 Å². The Morgan fingerprint density at radius 1 is 1.33 bits per heavy atom. The lowest BCUT2D eigenvalue weighted by atomic mass is 10.3. The van der Waals surface area contributed by atoms with Crippen molar-refractivity contribution >= 4 is 11.6 Å². The smallest absolute Gasteiger partial charge is 0.0602 e. The summed E-state index contributed by atoms with van der Waals surface area (Å²) < 4.78 is 5.41. The summed E-state index contributed by atoms with van der Waals surface area (Å²) in [6.45, 7) is 8.37. The van der Waals surface area contributed by atoms with Gasteiger partial charge in [-0.15, -0.1) is 11.6 Å². The number of ether oxygens (including phenoxy) is 1. The van der Waals surface area contributed by atoms with Crippen LogP contribution in [-0.4, -0.2) is 68.2 Å². The number of rotatable bonds is 5. The molecule has 0 aromatic rings. The van der Waals surface area contributed by atoms with Crippen LogP contribution in [0.4, 0.5) is 0 Å². The van der Waals surface area contributed by atoms with Crippen molar-refractivity contribution in [3.05, 3.63) is 0 Å². The zero-order valence-electron chi connectivity index (χ0n) is 9.91. The van der Waals surface area contributed by atoms with Gasteiger partial charge in [-0.2, -0.15) is 0 Å². The average Bonchev–Trinajstić information content (AvgIpc) is 2.35. The van der Waals surface area contributed by atoms with E-state index in [-0.39, 0.29) is 0 Å². The predicted molar refractivity (Wildman–Crippen MR) is 64.7 cm³/mol. The van der Waals surface area contributed by atoms with Crippen molar-refractivity contribution in [2.24, 2.45) is 0 Å². The molecule has 0 N–H and O–H groups in total. The van der Waals surface area contributed by atoms with E-state index in [1.54, 1.807) is 0 Å². The summed E-state index contributed by atoms with van der Waals surface area (Å²) in [5, 5.41) is 0. The Bertz CT molecular complexity index is 169. The van der Waals surface area contributed by atoms with Gasteiger partial charge < -0.3 is 9.64 Å². The molecule has 90 valence electrons. The molecular formula is C11H23ClN2O. The fraction of sp³-hybridized carbons (Fsp3) is 1.00. The van der Waals surface area contributed by atoms with Crippen LogP contribution in [0.2, 0.25) is 0 Å². The Labute approximate surface area is 98.3 Å². The van der Waals surface area contributed by atoms with Crippen molar-refractivity contribution in [1.82, 2.24) is 9.80 Å². The van der Waals surface area contributed by atoms with Crippen LogP contribution in [0, 0.1) is 0 Å². The van der Waals surface area contributed by atoms with Gasteiger partial charge in [-0.1, -0.05) is 0 Å². The van der Waals surface area contributed by atoms with E-state index in [9.17, 15) is 0 Å². The Kier molecular flexibility index (Phi) is 6.57. The van der Waals surface area contributed by atoms with Crippen LogP contribution in [0.25, 0.3) is 0 Å². The zero-order chi connectivity index (χ0) is 11.1. The second-order valence-corrected chi connectivity index (χ2v) is 4.68. The largest absolute Gasteiger partial charge is 0.379 e. The topological polar surface area (TPSA) is 15.7 Å². The van der Waals surface area contributed by atoms with Crippen LogP contribution in [-0.2, 0) is 4.74 Å². The number of hydrogen-bond donors (Lipinski definition) is 0. The van der Waals surface area contributed by atoms with Gasteiger partial charge in [-0.05, 0) is 33.5 Å². The highest BCUT2D eigenvalue weighted by molar-refractivity contribution is 6.17. The lowest BCUT2D eigenvalue weighted by Crippen LogP contribution is -2.39.